The van der Waals surface area contributed by atoms with Gasteiger partial charge in [0.15, 0.2) is 0 Å². The lowest BCUT2D eigenvalue weighted by atomic mass is 10.1. The maximum Gasteiger partial charge on any atom is 0.265 e. The first-order chi connectivity index (χ1) is 13.1. The second kappa shape index (κ2) is 7.48. The first kappa shape index (κ1) is 17.7. The average Bonchev–Trinajstić information content (AvgIpc) is 3.12. The number of thioether (sulfide) groups is 1. The summed E-state index contributed by atoms with van der Waals surface area (Å²) in [6.07, 6.45) is 0.864. The van der Waals surface area contributed by atoms with Crippen molar-refractivity contribution in [1.29, 1.82) is 0 Å². The zero-order valence-corrected chi connectivity index (χ0v) is 15.8. The van der Waals surface area contributed by atoms with Crippen molar-refractivity contribution >= 4 is 35.0 Å². The number of benzene rings is 2. The van der Waals surface area contributed by atoms with Gasteiger partial charge in [0.2, 0.25) is 0 Å². The van der Waals surface area contributed by atoms with Crippen molar-refractivity contribution in [3.8, 4) is 0 Å². The predicted molar refractivity (Wildman–Crippen MR) is 108 cm³/mol. The van der Waals surface area contributed by atoms with Gasteiger partial charge in [0, 0.05) is 29.2 Å². The van der Waals surface area contributed by atoms with E-state index in [2.05, 4.69) is 11.4 Å². The van der Waals surface area contributed by atoms with Gasteiger partial charge in [0.1, 0.15) is 10.7 Å². The summed E-state index contributed by atoms with van der Waals surface area (Å²) < 4.78 is 5.45. The number of rotatable bonds is 3. The molecule has 0 saturated heterocycles. The zero-order chi connectivity index (χ0) is 18.8. The van der Waals surface area contributed by atoms with Gasteiger partial charge in [0.05, 0.1) is 6.61 Å². The molecule has 0 saturated carbocycles. The Morgan fingerprint density at radius 1 is 1.15 bits per heavy atom. The fourth-order valence-corrected chi connectivity index (χ4v) is 4.17. The Labute approximate surface area is 162 Å². The molecule has 1 N–H and O–H groups in total. The fourth-order valence-electron chi connectivity index (χ4n) is 3.35. The SMILES string of the molecule is CC1=C(C(=O)Nc2cccc(C(=O)N3CCc4ccccc43)c2)SCCO1. The lowest BCUT2D eigenvalue weighted by molar-refractivity contribution is -0.112. The van der Waals surface area contributed by atoms with E-state index in [4.69, 9.17) is 4.74 Å². The lowest BCUT2D eigenvalue weighted by Crippen LogP contribution is -2.29. The van der Waals surface area contributed by atoms with Crippen molar-refractivity contribution in [3.05, 3.63) is 70.3 Å². The van der Waals surface area contributed by atoms with Crippen LogP contribution in [0.4, 0.5) is 11.4 Å². The van der Waals surface area contributed by atoms with Crippen LogP contribution >= 0.6 is 11.8 Å². The molecule has 0 fully saturated rings. The summed E-state index contributed by atoms with van der Waals surface area (Å²) >= 11 is 1.49. The number of anilines is 2. The van der Waals surface area contributed by atoms with Crippen molar-refractivity contribution in [2.45, 2.75) is 13.3 Å². The van der Waals surface area contributed by atoms with Crippen LogP contribution < -0.4 is 10.2 Å². The smallest absolute Gasteiger partial charge is 0.265 e. The van der Waals surface area contributed by atoms with Crippen molar-refractivity contribution in [1.82, 2.24) is 0 Å². The topological polar surface area (TPSA) is 58.6 Å². The maximum absolute atomic E-state index is 13.0. The molecule has 0 aliphatic carbocycles. The van der Waals surface area contributed by atoms with Crippen LogP contribution in [0.3, 0.4) is 0 Å². The van der Waals surface area contributed by atoms with Crippen LogP contribution in [0.2, 0.25) is 0 Å². The molecule has 6 heteroatoms. The first-order valence-corrected chi connectivity index (χ1v) is 9.90. The highest BCUT2D eigenvalue weighted by atomic mass is 32.2. The molecule has 0 aromatic heterocycles. The number of carbonyl (C=O) groups excluding carboxylic acids is 2. The van der Waals surface area contributed by atoms with Crippen LogP contribution in [0.1, 0.15) is 22.8 Å². The van der Waals surface area contributed by atoms with Gasteiger partial charge in [-0.05, 0) is 43.2 Å². The summed E-state index contributed by atoms with van der Waals surface area (Å²) in [5, 5.41) is 2.88. The summed E-state index contributed by atoms with van der Waals surface area (Å²) in [7, 11) is 0. The minimum Gasteiger partial charge on any atom is -0.496 e. The van der Waals surface area contributed by atoms with E-state index in [1.807, 2.05) is 18.2 Å². The van der Waals surface area contributed by atoms with Crippen LogP contribution in [-0.2, 0) is 16.0 Å². The summed E-state index contributed by atoms with van der Waals surface area (Å²) in [4.78, 5) is 27.9. The van der Waals surface area contributed by atoms with Crippen molar-refractivity contribution in [3.63, 3.8) is 0 Å². The number of carbonyl (C=O) groups is 2. The second-order valence-corrected chi connectivity index (χ2v) is 7.56. The molecule has 2 aliphatic heterocycles. The number of nitrogens with zero attached hydrogens (tertiary/aromatic N) is 1. The van der Waals surface area contributed by atoms with Crippen LogP contribution in [-0.4, -0.2) is 30.7 Å². The number of para-hydroxylation sites is 1. The lowest BCUT2D eigenvalue weighted by Gasteiger charge is -2.19. The van der Waals surface area contributed by atoms with Gasteiger partial charge in [-0.3, -0.25) is 9.59 Å². The molecule has 2 amide bonds. The molecule has 0 atom stereocenters. The van der Waals surface area contributed by atoms with Crippen LogP contribution in [0.25, 0.3) is 0 Å². The molecule has 2 aliphatic rings. The van der Waals surface area contributed by atoms with Crippen molar-refractivity contribution in [2.24, 2.45) is 0 Å². The number of fused-ring (bicyclic) bond motifs is 1. The maximum atomic E-state index is 13.0. The highest BCUT2D eigenvalue weighted by Gasteiger charge is 2.25. The van der Waals surface area contributed by atoms with E-state index in [1.165, 1.54) is 17.3 Å². The molecular formula is C21H20N2O3S. The second-order valence-electron chi connectivity index (χ2n) is 6.45. The van der Waals surface area contributed by atoms with E-state index < -0.39 is 0 Å². The summed E-state index contributed by atoms with van der Waals surface area (Å²) in [6, 6.07) is 15.1. The minimum absolute atomic E-state index is 0.0539. The Hall–Kier alpha value is -2.73. The van der Waals surface area contributed by atoms with Crippen molar-refractivity contribution < 1.29 is 14.3 Å². The molecule has 4 rings (SSSR count). The molecule has 0 unspecified atom stereocenters. The summed E-state index contributed by atoms with van der Waals surface area (Å²) in [6.45, 7) is 3.09. The average molecular weight is 380 g/mol. The Bertz CT molecular complexity index is 939. The Morgan fingerprint density at radius 2 is 2.00 bits per heavy atom. The Morgan fingerprint density at radius 3 is 2.85 bits per heavy atom. The normalized spacial score (nSPS) is 16.0. The highest BCUT2D eigenvalue weighted by molar-refractivity contribution is 8.04. The van der Waals surface area contributed by atoms with E-state index in [-0.39, 0.29) is 11.8 Å². The largest absolute Gasteiger partial charge is 0.496 e. The Balaban J connectivity index is 1.53. The molecule has 2 heterocycles. The Kier molecular flexibility index (Phi) is 4.90. The summed E-state index contributed by atoms with van der Waals surface area (Å²) in [5.74, 6) is 1.15. The molecule has 0 radical (unpaired) electrons. The van der Waals surface area contributed by atoms with Crippen LogP contribution in [0, 0.1) is 0 Å². The molecule has 27 heavy (non-hydrogen) atoms. The number of hydrogen-bond acceptors (Lipinski definition) is 4. The molecule has 2 aromatic carbocycles. The molecule has 0 bridgehead atoms. The number of nitrogens with one attached hydrogen (secondary N) is 1. The third-order valence-electron chi connectivity index (χ3n) is 4.67. The predicted octanol–water partition coefficient (Wildman–Crippen LogP) is 3.82. The quantitative estimate of drug-likeness (QED) is 0.879. The van der Waals surface area contributed by atoms with E-state index in [0.29, 0.717) is 35.1 Å². The van der Waals surface area contributed by atoms with E-state index >= 15 is 0 Å². The van der Waals surface area contributed by atoms with E-state index in [1.54, 1.807) is 36.1 Å². The van der Waals surface area contributed by atoms with E-state index in [0.717, 1.165) is 17.9 Å². The van der Waals surface area contributed by atoms with Gasteiger partial charge < -0.3 is 15.0 Å². The molecule has 5 nitrogen and oxygen atoms in total. The number of ether oxygens (including phenoxy) is 1. The van der Waals surface area contributed by atoms with Gasteiger partial charge in [-0.1, -0.05) is 24.3 Å². The highest BCUT2D eigenvalue weighted by Crippen LogP contribution is 2.30. The van der Waals surface area contributed by atoms with Crippen LogP contribution in [0.5, 0.6) is 0 Å². The van der Waals surface area contributed by atoms with Gasteiger partial charge in [-0.2, -0.15) is 0 Å². The number of amides is 2. The van der Waals surface area contributed by atoms with Gasteiger partial charge >= 0.3 is 0 Å². The molecule has 2 aromatic rings. The van der Waals surface area contributed by atoms with Gasteiger partial charge in [-0.15, -0.1) is 11.8 Å². The van der Waals surface area contributed by atoms with Crippen molar-refractivity contribution in [2.75, 3.05) is 29.1 Å². The standard InChI is InChI=1S/C21H20N2O3S/c1-14-19(27-12-11-26-14)20(24)22-17-7-4-6-16(13-17)21(25)23-10-9-15-5-2-3-8-18(15)23/h2-8,13H,9-12H2,1H3,(H,22,24). The molecule has 0 spiro atoms. The zero-order valence-electron chi connectivity index (χ0n) is 15.0. The molecular weight excluding hydrogens is 360 g/mol. The third kappa shape index (κ3) is 3.57. The number of allylic oxidation sites excluding steroid dienone is 1. The molecule has 138 valence electrons. The fraction of sp³-hybridized carbons (Fsp3) is 0.238. The third-order valence-corrected chi connectivity index (χ3v) is 5.81. The monoisotopic (exact) mass is 380 g/mol. The summed E-state index contributed by atoms with van der Waals surface area (Å²) in [5.41, 5.74) is 3.31. The van der Waals surface area contributed by atoms with Gasteiger partial charge in [0.25, 0.3) is 11.8 Å². The minimum atomic E-state index is -0.201. The number of hydrogen-bond donors (Lipinski definition) is 1. The van der Waals surface area contributed by atoms with Gasteiger partial charge in [-0.25, -0.2) is 0 Å². The first-order valence-electron chi connectivity index (χ1n) is 8.91. The van der Waals surface area contributed by atoms with Crippen LogP contribution in [0.15, 0.2) is 59.2 Å². The van der Waals surface area contributed by atoms with E-state index in [9.17, 15) is 9.59 Å².